The van der Waals surface area contributed by atoms with Crippen molar-refractivity contribution in [3.8, 4) is 0 Å². The van der Waals surface area contributed by atoms with E-state index in [0.29, 0.717) is 11.4 Å². The number of anilines is 3. The van der Waals surface area contributed by atoms with E-state index in [9.17, 15) is 9.18 Å². The second-order valence-electron chi connectivity index (χ2n) is 4.59. The molecule has 0 radical (unpaired) electrons. The first-order valence-electron chi connectivity index (χ1n) is 6.03. The number of carbonyl (C=O) groups excluding carboxylic acids is 1. The van der Waals surface area contributed by atoms with Gasteiger partial charge in [0.1, 0.15) is 17.5 Å². The van der Waals surface area contributed by atoms with Crippen molar-refractivity contribution in [1.29, 1.82) is 0 Å². The van der Waals surface area contributed by atoms with Crippen molar-refractivity contribution < 1.29 is 9.18 Å². The average Bonchev–Trinajstić information content (AvgIpc) is 2.37. The molecule has 5 N–H and O–H groups in total. The maximum absolute atomic E-state index is 13.0. The van der Waals surface area contributed by atoms with Crippen LogP contribution in [0.1, 0.15) is 23.5 Å². The molecule has 0 bridgehead atoms. The minimum atomic E-state index is -0.337. The smallest absolute Gasteiger partial charge is 0.226 e. The van der Waals surface area contributed by atoms with Crippen LogP contribution in [-0.4, -0.2) is 15.9 Å². The van der Waals surface area contributed by atoms with E-state index in [-0.39, 0.29) is 35.8 Å². The SMILES string of the molecule is Nc1nc(N)c2c(n1)NC(=O)C[C@H]2c1ccc(F)cc1. The van der Waals surface area contributed by atoms with Crippen LogP contribution in [0, 0.1) is 5.82 Å². The fraction of sp³-hybridized carbons (Fsp3) is 0.154. The molecule has 0 saturated heterocycles. The number of benzene rings is 1. The third-order valence-corrected chi connectivity index (χ3v) is 3.26. The molecule has 7 heteroatoms. The van der Waals surface area contributed by atoms with Crippen LogP contribution in [0.5, 0.6) is 0 Å². The molecule has 1 aliphatic heterocycles. The maximum atomic E-state index is 13.0. The lowest BCUT2D eigenvalue weighted by Crippen LogP contribution is -2.26. The van der Waals surface area contributed by atoms with Gasteiger partial charge in [-0.15, -0.1) is 0 Å². The van der Waals surface area contributed by atoms with E-state index in [1.165, 1.54) is 12.1 Å². The van der Waals surface area contributed by atoms with E-state index in [1.807, 2.05) is 0 Å². The lowest BCUT2D eigenvalue weighted by atomic mass is 9.86. The van der Waals surface area contributed by atoms with Crippen molar-refractivity contribution in [1.82, 2.24) is 9.97 Å². The van der Waals surface area contributed by atoms with E-state index in [1.54, 1.807) is 12.1 Å². The number of hydrogen-bond acceptors (Lipinski definition) is 5. The Morgan fingerprint density at radius 1 is 1.20 bits per heavy atom. The second kappa shape index (κ2) is 4.44. The second-order valence-corrected chi connectivity index (χ2v) is 4.59. The number of nitrogens with one attached hydrogen (secondary N) is 1. The highest BCUT2D eigenvalue weighted by molar-refractivity contribution is 5.95. The quantitative estimate of drug-likeness (QED) is 0.725. The monoisotopic (exact) mass is 273 g/mol. The molecule has 0 spiro atoms. The van der Waals surface area contributed by atoms with E-state index >= 15 is 0 Å². The normalized spacial score (nSPS) is 17.4. The third-order valence-electron chi connectivity index (χ3n) is 3.26. The molecule has 1 atom stereocenters. The van der Waals surface area contributed by atoms with Gasteiger partial charge in [-0.25, -0.2) is 4.39 Å². The van der Waals surface area contributed by atoms with Crippen LogP contribution in [0.2, 0.25) is 0 Å². The van der Waals surface area contributed by atoms with E-state index in [4.69, 9.17) is 11.5 Å². The minimum Gasteiger partial charge on any atom is -0.383 e. The summed E-state index contributed by atoms with van der Waals surface area (Å²) in [5.74, 6) is -0.288. The highest BCUT2D eigenvalue weighted by Crippen LogP contribution is 2.39. The molecule has 1 aromatic carbocycles. The van der Waals surface area contributed by atoms with E-state index in [2.05, 4.69) is 15.3 Å². The zero-order chi connectivity index (χ0) is 14.3. The Morgan fingerprint density at radius 2 is 1.90 bits per heavy atom. The Morgan fingerprint density at radius 3 is 2.60 bits per heavy atom. The number of nitrogens with two attached hydrogens (primary N) is 2. The van der Waals surface area contributed by atoms with Crippen molar-refractivity contribution >= 4 is 23.5 Å². The summed E-state index contributed by atoms with van der Waals surface area (Å²) in [4.78, 5) is 19.7. The number of nitrogen functional groups attached to an aromatic ring is 2. The summed E-state index contributed by atoms with van der Waals surface area (Å²) in [6.45, 7) is 0. The van der Waals surface area contributed by atoms with Crippen LogP contribution in [0.4, 0.5) is 22.0 Å². The summed E-state index contributed by atoms with van der Waals surface area (Å²) in [5.41, 5.74) is 12.8. The standard InChI is InChI=1S/C13H12FN5O/c14-7-3-1-6(2-4-7)8-5-9(20)17-12-10(8)11(15)18-13(16)19-12/h1-4,8H,5H2,(H5,15,16,17,18,19,20)/t8-/m0/s1. The molecule has 6 nitrogen and oxygen atoms in total. The predicted molar refractivity (Wildman–Crippen MR) is 72.3 cm³/mol. The summed E-state index contributed by atoms with van der Waals surface area (Å²) in [6, 6.07) is 5.93. The molecule has 0 aliphatic carbocycles. The van der Waals surface area contributed by atoms with Crippen LogP contribution < -0.4 is 16.8 Å². The maximum Gasteiger partial charge on any atom is 0.226 e. The highest BCUT2D eigenvalue weighted by Gasteiger charge is 2.30. The van der Waals surface area contributed by atoms with Crippen molar-refractivity contribution in [3.63, 3.8) is 0 Å². The van der Waals surface area contributed by atoms with Crippen molar-refractivity contribution in [2.24, 2.45) is 0 Å². The zero-order valence-corrected chi connectivity index (χ0v) is 10.4. The molecule has 1 amide bonds. The number of rotatable bonds is 1. The Hall–Kier alpha value is -2.70. The van der Waals surface area contributed by atoms with Crippen LogP contribution in [0.3, 0.4) is 0 Å². The lowest BCUT2D eigenvalue weighted by Gasteiger charge is -2.26. The molecule has 2 aromatic rings. The fourth-order valence-electron chi connectivity index (χ4n) is 2.39. The minimum absolute atomic E-state index is 0.00121. The van der Waals surface area contributed by atoms with Gasteiger partial charge in [0.2, 0.25) is 11.9 Å². The van der Waals surface area contributed by atoms with Crippen molar-refractivity contribution in [2.75, 3.05) is 16.8 Å². The first-order valence-corrected chi connectivity index (χ1v) is 6.03. The Kier molecular flexibility index (Phi) is 2.74. The number of amides is 1. The zero-order valence-electron chi connectivity index (χ0n) is 10.4. The van der Waals surface area contributed by atoms with Gasteiger partial charge in [-0.05, 0) is 17.7 Å². The number of aromatic nitrogens is 2. The number of nitrogens with zero attached hydrogens (tertiary/aromatic N) is 2. The van der Waals surface area contributed by atoms with Gasteiger partial charge in [0.25, 0.3) is 0 Å². The number of halogens is 1. The third kappa shape index (κ3) is 2.03. The molecule has 0 saturated carbocycles. The molecule has 20 heavy (non-hydrogen) atoms. The van der Waals surface area contributed by atoms with Gasteiger partial charge < -0.3 is 16.8 Å². The summed E-state index contributed by atoms with van der Waals surface area (Å²) in [6.07, 6.45) is 0.204. The number of fused-ring (bicyclic) bond motifs is 1. The largest absolute Gasteiger partial charge is 0.383 e. The highest BCUT2D eigenvalue weighted by atomic mass is 19.1. The topological polar surface area (TPSA) is 107 Å². The van der Waals surface area contributed by atoms with Crippen LogP contribution in [0.15, 0.2) is 24.3 Å². The fourth-order valence-corrected chi connectivity index (χ4v) is 2.39. The lowest BCUT2D eigenvalue weighted by molar-refractivity contribution is -0.116. The summed E-state index contributed by atoms with van der Waals surface area (Å²) in [5, 5.41) is 2.63. The van der Waals surface area contributed by atoms with E-state index in [0.717, 1.165) is 5.56 Å². The van der Waals surface area contributed by atoms with Gasteiger partial charge in [0.15, 0.2) is 0 Å². The molecule has 0 fully saturated rings. The van der Waals surface area contributed by atoms with Gasteiger partial charge in [0, 0.05) is 17.9 Å². The molecular formula is C13H12FN5O. The van der Waals surface area contributed by atoms with Crippen molar-refractivity contribution in [3.05, 3.63) is 41.2 Å². The van der Waals surface area contributed by atoms with Gasteiger partial charge in [-0.2, -0.15) is 9.97 Å². The molecule has 1 aromatic heterocycles. The van der Waals surface area contributed by atoms with Crippen LogP contribution in [0.25, 0.3) is 0 Å². The Labute approximate surface area is 114 Å². The van der Waals surface area contributed by atoms with Gasteiger partial charge in [0.05, 0.1) is 0 Å². The summed E-state index contributed by atoms with van der Waals surface area (Å²) < 4.78 is 13.0. The van der Waals surface area contributed by atoms with Crippen molar-refractivity contribution in [2.45, 2.75) is 12.3 Å². The Bertz CT molecular complexity index is 686. The van der Waals surface area contributed by atoms with Crippen LogP contribution in [-0.2, 0) is 4.79 Å². The first kappa shape index (κ1) is 12.3. The van der Waals surface area contributed by atoms with Gasteiger partial charge in [-0.1, -0.05) is 12.1 Å². The molecular weight excluding hydrogens is 261 g/mol. The average molecular weight is 273 g/mol. The molecule has 1 aliphatic rings. The summed E-state index contributed by atoms with van der Waals surface area (Å²) >= 11 is 0. The molecule has 102 valence electrons. The van der Waals surface area contributed by atoms with E-state index < -0.39 is 0 Å². The van der Waals surface area contributed by atoms with Crippen LogP contribution >= 0.6 is 0 Å². The molecule has 0 unspecified atom stereocenters. The predicted octanol–water partition coefficient (Wildman–Crippen LogP) is 1.25. The first-order chi connectivity index (χ1) is 9.54. The van der Waals surface area contributed by atoms with Gasteiger partial charge in [-0.3, -0.25) is 4.79 Å². The molecule has 2 heterocycles. The number of carbonyl (C=O) groups is 1. The summed E-state index contributed by atoms with van der Waals surface area (Å²) in [7, 11) is 0. The number of hydrogen-bond donors (Lipinski definition) is 3. The Balaban J connectivity index is 2.14. The molecule has 3 rings (SSSR count). The van der Waals surface area contributed by atoms with Gasteiger partial charge >= 0.3 is 0 Å².